The molecule has 2 aromatic rings. The Morgan fingerprint density at radius 3 is 2.66 bits per heavy atom. The van der Waals surface area contributed by atoms with Gasteiger partial charge in [0.05, 0.1) is 24.7 Å². The molecule has 0 unspecified atom stereocenters. The molecule has 1 aromatic heterocycles. The van der Waals surface area contributed by atoms with E-state index < -0.39 is 24.1 Å². The standard InChI is InChI=1S/C22H23F4N5O/c23-15-10-18(11-27)31(12-15)21(32)13-30-7-5-16(6-8-30)28-17-2-3-19-14(9-17)1-4-20(29-19)22(24,25)26/h1-4,9,15-16,18,28H,5-8,10,12-13H2/t15-,18-/m0/s1. The van der Waals surface area contributed by atoms with Crippen molar-refractivity contribution in [1.29, 1.82) is 5.26 Å². The maximum absolute atomic E-state index is 13.6. The molecule has 2 atom stereocenters. The summed E-state index contributed by atoms with van der Waals surface area (Å²) in [5, 5.41) is 13.1. The molecule has 4 rings (SSSR count). The molecule has 2 saturated heterocycles. The monoisotopic (exact) mass is 449 g/mol. The van der Waals surface area contributed by atoms with Crippen LogP contribution in [0.2, 0.25) is 0 Å². The van der Waals surface area contributed by atoms with Gasteiger partial charge in [0, 0.05) is 36.6 Å². The van der Waals surface area contributed by atoms with E-state index in [-0.39, 0.29) is 37.0 Å². The van der Waals surface area contributed by atoms with Crippen molar-refractivity contribution < 1.29 is 22.4 Å². The molecule has 0 aliphatic carbocycles. The molecule has 1 amide bonds. The summed E-state index contributed by atoms with van der Waals surface area (Å²) in [6.07, 6.45) is -3.98. The molecule has 1 aromatic carbocycles. The van der Waals surface area contributed by atoms with Gasteiger partial charge < -0.3 is 10.2 Å². The minimum atomic E-state index is -4.47. The summed E-state index contributed by atoms with van der Waals surface area (Å²) in [7, 11) is 0. The highest BCUT2D eigenvalue weighted by Crippen LogP contribution is 2.30. The fraction of sp³-hybridized carbons (Fsp3) is 0.500. The fourth-order valence-electron chi connectivity index (χ4n) is 4.31. The number of rotatable bonds is 4. The zero-order valence-electron chi connectivity index (χ0n) is 17.3. The van der Waals surface area contributed by atoms with E-state index in [0.717, 1.165) is 24.6 Å². The van der Waals surface area contributed by atoms with Gasteiger partial charge in [-0.3, -0.25) is 9.69 Å². The number of halogens is 4. The summed E-state index contributed by atoms with van der Waals surface area (Å²) in [5.41, 5.74) is 0.174. The van der Waals surface area contributed by atoms with Gasteiger partial charge in [0.2, 0.25) is 5.91 Å². The van der Waals surface area contributed by atoms with Crippen LogP contribution in [0.3, 0.4) is 0 Å². The van der Waals surface area contributed by atoms with Crippen LogP contribution in [0.1, 0.15) is 25.0 Å². The highest BCUT2D eigenvalue weighted by Gasteiger charge is 2.36. The predicted octanol–water partition coefficient (Wildman–Crippen LogP) is 3.59. The van der Waals surface area contributed by atoms with Crippen LogP contribution in [0.4, 0.5) is 23.2 Å². The number of alkyl halides is 4. The predicted molar refractivity (Wildman–Crippen MR) is 110 cm³/mol. The number of amides is 1. The van der Waals surface area contributed by atoms with Crippen molar-refractivity contribution in [2.45, 2.75) is 43.7 Å². The molecule has 2 aliphatic rings. The highest BCUT2D eigenvalue weighted by atomic mass is 19.4. The number of nitrogens with zero attached hydrogens (tertiary/aromatic N) is 4. The summed E-state index contributed by atoms with van der Waals surface area (Å²) in [5.74, 6) is -0.219. The van der Waals surface area contributed by atoms with E-state index in [1.807, 2.05) is 11.0 Å². The minimum absolute atomic E-state index is 0.0175. The number of fused-ring (bicyclic) bond motifs is 1. The molecule has 170 valence electrons. The molecule has 3 heterocycles. The first-order valence-corrected chi connectivity index (χ1v) is 10.5. The van der Waals surface area contributed by atoms with Crippen LogP contribution in [-0.2, 0) is 11.0 Å². The highest BCUT2D eigenvalue weighted by molar-refractivity contribution is 5.82. The van der Waals surface area contributed by atoms with Crippen molar-refractivity contribution in [3.8, 4) is 6.07 Å². The number of pyridine rings is 1. The number of benzene rings is 1. The Kier molecular flexibility index (Phi) is 6.20. The van der Waals surface area contributed by atoms with Gasteiger partial charge in [-0.25, -0.2) is 9.37 Å². The summed E-state index contributed by atoms with van der Waals surface area (Å²) >= 11 is 0. The molecule has 32 heavy (non-hydrogen) atoms. The van der Waals surface area contributed by atoms with Crippen molar-refractivity contribution in [2.24, 2.45) is 0 Å². The zero-order chi connectivity index (χ0) is 22.9. The third-order valence-corrected chi connectivity index (χ3v) is 6.02. The van der Waals surface area contributed by atoms with Crippen molar-refractivity contribution in [3.63, 3.8) is 0 Å². The van der Waals surface area contributed by atoms with Gasteiger partial charge in [0.15, 0.2) is 0 Å². The number of likely N-dealkylation sites (tertiary alicyclic amines) is 2. The normalized spacial score (nSPS) is 22.8. The third kappa shape index (κ3) is 4.93. The molecule has 0 saturated carbocycles. The summed E-state index contributed by atoms with van der Waals surface area (Å²) in [6, 6.07) is 8.93. The Bertz CT molecular complexity index is 1030. The third-order valence-electron chi connectivity index (χ3n) is 6.02. The average molecular weight is 449 g/mol. The number of hydrogen-bond acceptors (Lipinski definition) is 5. The quantitative estimate of drug-likeness (QED) is 0.723. The maximum Gasteiger partial charge on any atom is 0.433 e. The van der Waals surface area contributed by atoms with E-state index in [2.05, 4.69) is 10.3 Å². The molecule has 10 heteroatoms. The van der Waals surface area contributed by atoms with E-state index in [1.54, 1.807) is 18.2 Å². The van der Waals surface area contributed by atoms with Gasteiger partial charge in [-0.05, 0) is 37.1 Å². The van der Waals surface area contributed by atoms with Crippen LogP contribution in [0, 0.1) is 11.3 Å². The molecule has 0 bridgehead atoms. The van der Waals surface area contributed by atoms with Gasteiger partial charge in [-0.2, -0.15) is 18.4 Å². The number of nitriles is 1. The number of anilines is 1. The van der Waals surface area contributed by atoms with E-state index in [1.165, 1.54) is 11.0 Å². The topological polar surface area (TPSA) is 72.3 Å². The first-order valence-electron chi connectivity index (χ1n) is 10.5. The van der Waals surface area contributed by atoms with Gasteiger partial charge in [-0.15, -0.1) is 0 Å². The van der Waals surface area contributed by atoms with Gasteiger partial charge in [-0.1, -0.05) is 6.07 Å². The lowest BCUT2D eigenvalue weighted by Gasteiger charge is -2.33. The lowest BCUT2D eigenvalue weighted by molar-refractivity contribution is -0.141. The molecule has 0 spiro atoms. The largest absolute Gasteiger partial charge is 0.433 e. The second kappa shape index (κ2) is 8.90. The summed E-state index contributed by atoms with van der Waals surface area (Å²) in [4.78, 5) is 19.5. The molecule has 2 aliphatic heterocycles. The van der Waals surface area contributed by atoms with Crippen LogP contribution < -0.4 is 5.32 Å². The van der Waals surface area contributed by atoms with Crippen molar-refractivity contribution in [3.05, 3.63) is 36.0 Å². The number of piperidine rings is 1. The first kappa shape index (κ1) is 22.3. The van der Waals surface area contributed by atoms with Gasteiger partial charge in [0.1, 0.15) is 17.9 Å². The van der Waals surface area contributed by atoms with Crippen LogP contribution in [0.5, 0.6) is 0 Å². The smallest absolute Gasteiger partial charge is 0.382 e. The lowest BCUT2D eigenvalue weighted by atomic mass is 10.0. The van der Waals surface area contributed by atoms with E-state index in [4.69, 9.17) is 5.26 Å². The Hall–Kier alpha value is -2.93. The molecule has 2 fully saturated rings. The van der Waals surface area contributed by atoms with Crippen LogP contribution >= 0.6 is 0 Å². The van der Waals surface area contributed by atoms with Crippen LogP contribution in [0.15, 0.2) is 30.3 Å². The molecular formula is C22H23F4N5O. The minimum Gasteiger partial charge on any atom is -0.382 e. The van der Waals surface area contributed by atoms with Crippen molar-refractivity contribution in [2.75, 3.05) is 31.5 Å². The van der Waals surface area contributed by atoms with Gasteiger partial charge >= 0.3 is 6.18 Å². The summed E-state index contributed by atoms with van der Waals surface area (Å²) < 4.78 is 52.0. The van der Waals surface area contributed by atoms with E-state index in [0.29, 0.717) is 18.5 Å². The Labute approximate surface area is 182 Å². The van der Waals surface area contributed by atoms with Crippen molar-refractivity contribution in [1.82, 2.24) is 14.8 Å². The van der Waals surface area contributed by atoms with E-state index >= 15 is 0 Å². The van der Waals surface area contributed by atoms with Crippen LogP contribution in [-0.4, -0.2) is 65.1 Å². The lowest BCUT2D eigenvalue weighted by Crippen LogP contribution is -2.46. The Morgan fingerprint density at radius 2 is 1.97 bits per heavy atom. The number of nitrogens with one attached hydrogen (secondary N) is 1. The first-order chi connectivity index (χ1) is 15.2. The van der Waals surface area contributed by atoms with Crippen LogP contribution in [0.25, 0.3) is 10.9 Å². The second-order valence-corrected chi connectivity index (χ2v) is 8.32. The number of carbonyl (C=O) groups excluding carboxylic acids is 1. The summed E-state index contributed by atoms with van der Waals surface area (Å²) in [6.45, 7) is 1.51. The van der Waals surface area contributed by atoms with Gasteiger partial charge in [0.25, 0.3) is 0 Å². The Morgan fingerprint density at radius 1 is 1.22 bits per heavy atom. The SMILES string of the molecule is N#C[C@@H]1C[C@H](F)CN1C(=O)CN1CCC(Nc2ccc3nc(C(F)(F)F)ccc3c2)CC1. The maximum atomic E-state index is 13.6. The number of aromatic nitrogens is 1. The van der Waals surface area contributed by atoms with Crippen molar-refractivity contribution >= 4 is 22.5 Å². The zero-order valence-corrected chi connectivity index (χ0v) is 17.3. The van der Waals surface area contributed by atoms with E-state index in [9.17, 15) is 22.4 Å². The Balaban J connectivity index is 1.30. The average Bonchev–Trinajstić information content (AvgIpc) is 3.15. The molecular weight excluding hydrogens is 426 g/mol. The molecule has 0 radical (unpaired) electrons. The number of carbonyl (C=O) groups is 1. The molecule has 1 N–H and O–H groups in total. The number of hydrogen-bond donors (Lipinski definition) is 1. The second-order valence-electron chi connectivity index (χ2n) is 8.32. The fourth-order valence-corrected chi connectivity index (χ4v) is 4.31. The molecule has 6 nitrogen and oxygen atoms in total.